The molecule has 0 radical (unpaired) electrons. The molecule has 0 bridgehead atoms. The Morgan fingerprint density at radius 3 is 2.48 bits per heavy atom. The van der Waals surface area contributed by atoms with Gasteiger partial charge in [-0.2, -0.15) is 0 Å². The number of imidazole rings is 1. The van der Waals surface area contributed by atoms with Crippen LogP contribution in [-0.4, -0.2) is 55.1 Å². The monoisotopic (exact) mass is 367 g/mol. The first-order valence-electron chi connectivity index (χ1n) is 8.03. The Labute approximate surface area is 148 Å². The number of aryl methyl sites for hydroxylation is 3. The summed E-state index contributed by atoms with van der Waals surface area (Å²) >= 11 is 0. The Balaban J connectivity index is 1.94. The average molecular weight is 367 g/mol. The summed E-state index contributed by atoms with van der Waals surface area (Å²) in [6, 6.07) is 1.81. The lowest BCUT2D eigenvalue weighted by atomic mass is 10.4. The predicted molar refractivity (Wildman–Crippen MR) is 97.4 cm³/mol. The molecule has 0 amide bonds. The Hall–Kier alpha value is -2.20. The fourth-order valence-corrected chi connectivity index (χ4v) is 3.29. The summed E-state index contributed by atoms with van der Waals surface area (Å²) < 4.78 is 28.9. The lowest BCUT2D eigenvalue weighted by Gasteiger charge is -2.14. The SMILES string of the molecule is CCn1cc(S(=O)(=O)NCCNc2cc(N(C)C)nc(C)n2)nc1C. The largest absolute Gasteiger partial charge is 0.369 e. The van der Waals surface area contributed by atoms with Gasteiger partial charge in [0.25, 0.3) is 10.0 Å². The van der Waals surface area contributed by atoms with Crippen LogP contribution in [-0.2, 0) is 16.6 Å². The summed E-state index contributed by atoms with van der Waals surface area (Å²) in [6.07, 6.45) is 1.54. The number of hydrogen-bond acceptors (Lipinski definition) is 7. The lowest BCUT2D eigenvalue weighted by molar-refractivity contribution is 0.579. The zero-order valence-corrected chi connectivity index (χ0v) is 16.1. The van der Waals surface area contributed by atoms with E-state index >= 15 is 0 Å². The van der Waals surface area contributed by atoms with Crippen molar-refractivity contribution in [2.45, 2.75) is 32.3 Å². The fraction of sp³-hybridized carbons (Fsp3) is 0.533. The number of nitrogens with one attached hydrogen (secondary N) is 2. The van der Waals surface area contributed by atoms with E-state index < -0.39 is 10.0 Å². The third-order valence-corrected chi connectivity index (χ3v) is 4.91. The van der Waals surface area contributed by atoms with Crippen LogP contribution < -0.4 is 14.9 Å². The lowest BCUT2D eigenvalue weighted by Crippen LogP contribution is -2.29. The molecule has 2 aromatic heterocycles. The Bertz CT molecular complexity index is 830. The number of sulfonamides is 1. The highest BCUT2D eigenvalue weighted by Gasteiger charge is 2.18. The van der Waals surface area contributed by atoms with Crippen LogP contribution in [0, 0.1) is 13.8 Å². The van der Waals surface area contributed by atoms with E-state index in [-0.39, 0.29) is 11.6 Å². The second-order valence-electron chi connectivity index (χ2n) is 5.79. The Morgan fingerprint density at radius 1 is 1.16 bits per heavy atom. The molecule has 25 heavy (non-hydrogen) atoms. The van der Waals surface area contributed by atoms with Crippen LogP contribution >= 0.6 is 0 Å². The van der Waals surface area contributed by atoms with Gasteiger partial charge in [-0.3, -0.25) is 0 Å². The van der Waals surface area contributed by atoms with Crippen LogP contribution in [0.4, 0.5) is 11.6 Å². The minimum atomic E-state index is -3.62. The van der Waals surface area contributed by atoms with Crippen molar-refractivity contribution in [3.63, 3.8) is 0 Å². The number of nitrogens with zero attached hydrogens (tertiary/aromatic N) is 5. The fourth-order valence-electron chi connectivity index (χ4n) is 2.25. The summed E-state index contributed by atoms with van der Waals surface area (Å²) in [4.78, 5) is 14.6. The molecule has 0 unspecified atom stereocenters. The van der Waals surface area contributed by atoms with Crippen molar-refractivity contribution in [3.8, 4) is 0 Å². The van der Waals surface area contributed by atoms with Crippen molar-refractivity contribution in [2.24, 2.45) is 0 Å². The summed E-state index contributed by atoms with van der Waals surface area (Å²) in [5.74, 6) is 2.77. The summed E-state index contributed by atoms with van der Waals surface area (Å²) in [7, 11) is 0.181. The standard InChI is InChI=1S/C15H25N7O2S/c1-6-22-10-15(20-12(22)3)25(23,24)17-8-7-16-13-9-14(21(4)5)19-11(2)18-13/h9-10,17H,6-8H2,1-5H3,(H,16,18,19). The molecule has 138 valence electrons. The van der Waals surface area contributed by atoms with E-state index in [2.05, 4.69) is 25.0 Å². The van der Waals surface area contributed by atoms with E-state index in [1.165, 1.54) is 0 Å². The molecular weight excluding hydrogens is 342 g/mol. The van der Waals surface area contributed by atoms with E-state index in [1.54, 1.807) is 17.7 Å². The van der Waals surface area contributed by atoms with Crippen LogP contribution in [0.2, 0.25) is 0 Å². The highest BCUT2D eigenvalue weighted by atomic mass is 32.2. The van der Waals surface area contributed by atoms with Gasteiger partial charge in [0.15, 0.2) is 5.03 Å². The van der Waals surface area contributed by atoms with Crippen molar-refractivity contribution < 1.29 is 8.42 Å². The summed E-state index contributed by atoms with van der Waals surface area (Å²) in [5.41, 5.74) is 0. The van der Waals surface area contributed by atoms with Gasteiger partial charge in [0.1, 0.15) is 23.3 Å². The molecule has 0 saturated heterocycles. The molecule has 0 atom stereocenters. The third-order valence-electron chi connectivity index (χ3n) is 3.58. The molecule has 0 aromatic carbocycles. The van der Waals surface area contributed by atoms with Gasteiger partial charge >= 0.3 is 0 Å². The minimum Gasteiger partial charge on any atom is -0.369 e. The number of hydrogen-bond donors (Lipinski definition) is 2. The quantitative estimate of drug-likeness (QED) is 0.664. The van der Waals surface area contributed by atoms with Gasteiger partial charge in [-0.15, -0.1) is 0 Å². The van der Waals surface area contributed by atoms with Gasteiger partial charge < -0.3 is 14.8 Å². The van der Waals surface area contributed by atoms with Crippen molar-refractivity contribution >= 4 is 21.7 Å². The second kappa shape index (κ2) is 7.79. The molecule has 9 nitrogen and oxygen atoms in total. The third kappa shape index (κ3) is 4.89. The molecule has 0 aliphatic carbocycles. The number of aromatic nitrogens is 4. The van der Waals surface area contributed by atoms with E-state index in [0.29, 0.717) is 30.6 Å². The maximum absolute atomic E-state index is 12.3. The second-order valence-corrected chi connectivity index (χ2v) is 7.50. The maximum atomic E-state index is 12.3. The molecule has 0 spiro atoms. The van der Waals surface area contributed by atoms with Crippen molar-refractivity contribution in [2.75, 3.05) is 37.4 Å². The summed E-state index contributed by atoms with van der Waals surface area (Å²) in [6.45, 7) is 6.83. The molecular formula is C15H25N7O2S. The number of anilines is 2. The Kier molecular flexibility index (Phi) is 5.96. The van der Waals surface area contributed by atoms with Crippen molar-refractivity contribution in [1.82, 2.24) is 24.2 Å². The van der Waals surface area contributed by atoms with Crippen molar-refractivity contribution in [1.29, 1.82) is 0 Å². The van der Waals surface area contributed by atoms with Gasteiger partial charge in [-0.1, -0.05) is 0 Å². The Morgan fingerprint density at radius 2 is 1.88 bits per heavy atom. The topological polar surface area (TPSA) is 105 Å². The zero-order chi connectivity index (χ0) is 18.6. The van der Waals surface area contributed by atoms with Gasteiger partial charge in [0, 0.05) is 46.0 Å². The molecule has 2 N–H and O–H groups in total. The highest BCUT2D eigenvalue weighted by molar-refractivity contribution is 7.89. The van der Waals surface area contributed by atoms with Crippen LogP contribution in [0.5, 0.6) is 0 Å². The first-order valence-corrected chi connectivity index (χ1v) is 9.51. The van der Waals surface area contributed by atoms with Crippen molar-refractivity contribution in [3.05, 3.63) is 23.9 Å². The van der Waals surface area contributed by atoms with Crippen LogP contribution in [0.15, 0.2) is 17.3 Å². The molecule has 0 aliphatic heterocycles. The summed E-state index contributed by atoms with van der Waals surface area (Å²) in [5, 5.41) is 3.14. The average Bonchev–Trinajstić information content (AvgIpc) is 2.93. The van der Waals surface area contributed by atoms with Gasteiger partial charge in [-0.25, -0.2) is 28.1 Å². The smallest absolute Gasteiger partial charge is 0.259 e. The molecule has 0 fully saturated rings. The highest BCUT2D eigenvalue weighted by Crippen LogP contribution is 2.13. The van der Waals surface area contributed by atoms with E-state index in [9.17, 15) is 8.42 Å². The van der Waals surface area contributed by atoms with Crippen LogP contribution in [0.25, 0.3) is 0 Å². The van der Waals surface area contributed by atoms with Crippen LogP contribution in [0.3, 0.4) is 0 Å². The maximum Gasteiger partial charge on any atom is 0.259 e. The van der Waals surface area contributed by atoms with Crippen LogP contribution in [0.1, 0.15) is 18.6 Å². The predicted octanol–water partition coefficient (Wildman–Crippen LogP) is 0.766. The molecule has 2 aromatic rings. The first-order chi connectivity index (χ1) is 11.7. The van der Waals surface area contributed by atoms with Gasteiger partial charge in [0.05, 0.1) is 0 Å². The molecule has 10 heteroatoms. The molecule has 2 heterocycles. The molecule has 2 rings (SSSR count). The first kappa shape index (κ1) is 19.1. The van der Waals surface area contributed by atoms with Gasteiger partial charge in [0.2, 0.25) is 0 Å². The zero-order valence-electron chi connectivity index (χ0n) is 15.2. The van der Waals surface area contributed by atoms with E-state index in [4.69, 9.17) is 0 Å². The van der Waals surface area contributed by atoms with E-state index in [0.717, 1.165) is 5.82 Å². The van der Waals surface area contributed by atoms with Gasteiger partial charge in [-0.05, 0) is 20.8 Å². The van der Waals surface area contributed by atoms with E-state index in [1.807, 2.05) is 38.9 Å². The normalized spacial score (nSPS) is 11.6. The minimum absolute atomic E-state index is 0.0413. The molecule has 0 aliphatic rings. The number of rotatable bonds is 8. The molecule has 0 saturated carbocycles.